The quantitative estimate of drug-likeness (QED) is 0.249. The highest BCUT2D eigenvalue weighted by Crippen LogP contribution is 2.33. The summed E-state index contributed by atoms with van der Waals surface area (Å²) in [5, 5.41) is 2.07. The summed E-state index contributed by atoms with van der Waals surface area (Å²) in [5.74, 6) is 0. The lowest BCUT2D eigenvalue weighted by atomic mass is 10.2. The van der Waals surface area contributed by atoms with Crippen molar-refractivity contribution in [2.75, 3.05) is 0 Å². The SMILES string of the molecule is Cc1ccc(N=C(Sc2ccccc2)C(C)Sc2ccc(Cl)cc2)cc1. The van der Waals surface area contributed by atoms with Gasteiger partial charge in [-0.25, -0.2) is 4.99 Å². The first-order valence-electron chi connectivity index (χ1n) is 8.40. The van der Waals surface area contributed by atoms with E-state index >= 15 is 0 Å². The molecular formula is C22H20ClNS2. The first-order chi connectivity index (χ1) is 12.6. The summed E-state index contributed by atoms with van der Waals surface area (Å²) in [5.41, 5.74) is 2.22. The van der Waals surface area contributed by atoms with Gasteiger partial charge in [-0.05, 0) is 62.4 Å². The second-order valence-electron chi connectivity index (χ2n) is 5.91. The van der Waals surface area contributed by atoms with Crippen LogP contribution in [0.5, 0.6) is 0 Å². The molecule has 0 bridgehead atoms. The molecule has 0 spiro atoms. The van der Waals surface area contributed by atoms with Crippen molar-refractivity contribution in [2.24, 2.45) is 4.99 Å². The minimum absolute atomic E-state index is 0.225. The molecule has 132 valence electrons. The van der Waals surface area contributed by atoms with Gasteiger partial charge in [0.1, 0.15) is 0 Å². The van der Waals surface area contributed by atoms with Crippen LogP contribution in [0.1, 0.15) is 12.5 Å². The van der Waals surface area contributed by atoms with Crippen LogP contribution in [-0.4, -0.2) is 10.3 Å². The number of halogens is 1. The lowest BCUT2D eigenvalue weighted by molar-refractivity contribution is 1.30. The molecule has 0 heterocycles. The maximum atomic E-state index is 6.00. The van der Waals surface area contributed by atoms with Crippen LogP contribution in [0, 0.1) is 6.92 Å². The zero-order chi connectivity index (χ0) is 18.4. The molecule has 0 saturated carbocycles. The Bertz CT molecular complexity index is 859. The van der Waals surface area contributed by atoms with Gasteiger partial charge in [0.25, 0.3) is 0 Å². The van der Waals surface area contributed by atoms with Crippen molar-refractivity contribution in [2.45, 2.75) is 28.9 Å². The van der Waals surface area contributed by atoms with Crippen molar-refractivity contribution in [3.05, 3.63) is 89.4 Å². The summed E-state index contributed by atoms with van der Waals surface area (Å²) in [6, 6.07) is 26.7. The van der Waals surface area contributed by atoms with Crippen LogP contribution in [0.3, 0.4) is 0 Å². The van der Waals surface area contributed by atoms with E-state index in [2.05, 4.69) is 74.5 Å². The zero-order valence-electron chi connectivity index (χ0n) is 14.7. The van der Waals surface area contributed by atoms with Crippen LogP contribution < -0.4 is 0 Å². The molecule has 3 aromatic rings. The Morgan fingerprint density at radius 1 is 0.846 bits per heavy atom. The van der Waals surface area contributed by atoms with Crippen molar-refractivity contribution in [3.8, 4) is 0 Å². The van der Waals surface area contributed by atoms with Gasteiger partial charge in [0.15, 0.2) is 0 Å². The second-order valence-corrected chi connectivity index (χ2v) is 8.86. The number of aryl methyl sites for hydroxylation is 1. The Hall–Kier alpha value is -1.68. The van der Waals surface area contributed by atoms with Crippen molar-refractivity contribution < 1.29 is 0 Å². The number of nitrogens with zero attached hydrogens (tertiary/aromatic N) is 1. The molecule has 1 atom stereocenters. The predicted molar refractivity (Wildman–Crippen MR) is 117 cm³/mol. The van der Waals surface area contributed by atoms with Crippen LogP contribution >= 0.6 is 35.1 Å². The lowest BCUT2D eigenvalue weighted by Crippen LogP contribution is -2.09. The highest BCUT2D eigenvalue weighted by molar-refractivity contribution is 8.16. The third kappa shape index (κ3) is 5.66. The third-order valence-corrected chi connectivity index (χ3v) is 6.40. The minimum atomic E-state index is 0.225. The summed E-state index contributed by atoms with van der Waals surface area (Å²) in [6.07, 6.45) is 0. The number of hydrogen-bond acceptors (Lipinski definition) is 3. The molecule has 1 nitrogen and oxygen atoms in total. The zero-order valence-corrected chi connectivity index (χ0v) is 17.1. The first-order valence-corrected chi connectivity index (χ1v) is 10.5. The maximum absolute atomic E-state index is 6.00. The number of aliphatic imine (C=N–C) groups is 1. The van der Waals surface area contributed by atoms with Crippen LogP contribution in [0.25, 0.3) is 0 Å². The van der Waals surface area contributed by atoms with Crippen LogP contribution in [0.4, 0.5) is 5.69 Å². The highest BCUT2D eigenvalue weighted by atomic mass is 35.5. The number of rotatable bonds is 5. The van der Waals surface area contributed by atoms with Gasteiger partial charge in [-0.2, -0.15) is 0 Å². The Labute approximate surface area is 168 Å². The van der Waals surface area contributed by atoms with Crippen molar-refractivity contribution >= 4 is 45.9 Å². The number of thioether (sulfide) groups is 2. The molecule has 0 amide bonds. The standard InChI is InChI=1S/C22H20ClNS2/c1-16-8-12-19(13-9-16)24-22(26-20-6-4-3-5-7-20)17(2)25-21-14-10-18(23)11-15-21/h3-15,17H,1-2H3. The van der Waals surface area contributed by atoms with E-state index in [0.29, 0.717) is 0 Å². The molecule has 3 aromatic carbocycles. The van der Waals surface area contributed by atoms with E-state index in [4.69, 9.17) is 16.6 Å². The normalized spacial score (nSPS) is 12.8. The molecule has 0 aliphatic heterocycles. The van der Waals surface area contributed by atoms with E-state index in [1.165, 1.54) is 15.4 Å². The van der Waals surface area contributed by atoms with Crippen molar-refractivity contribution in [3.63, 3.8) is 0 Å². The monoisotopic (exact) mass is 397 g/mol. The van der Waals surface area contributed by atoms with E-state index < -0.39 is 0 Å². The van der Waals surface area contributed by atoms with Gasteiger partial charge >= 0.3 is 0 Å². The van der Waals surface area contributed by atoms with E-state index in [0.717, 1.165) is 15.8 Å². The van der Waals surface area contributed by atoms with Gasteiger partial charge in [0.2, 0.25) is 0 Å². The number of hydrogen-bond donors (Lipinski definition) is 0. The average Bonchev–Trinajstić information content (AvgIpc) is 2.65. The van der Waals surface area contributed by atoms with Gasteiger partial charge in [-0.15, -0.1) is 11.8 Å². The molecule has 0 aliphatic carbocycles. The highest BCUT2D eigenvalue weighted by Gasteiger charge is 2.14. The molecule has 26 heavy (non-hydrogen) atoms. The molecule has 0 aliphatic rings. The Kier molecular flexibility index (Phi) is 6.84. The fourth-order valence-electron chi connectivity index (χ4n) is 2.32. The van der Waals surface area contributed by atoms with Gasteiger partial charge in [-0.1, -0.05) is 59.3 Å². The topological polar surface area (TPSA) is 12.4 Å². The minimum Gasteiger partial charge on any atom is -0.245 e. The molecule has 1 unspecified atom stereocenters. The van der Waals surface area contributed by atoms with E-state index in [9.17, 15) is 0 Å². The van der Waals surface area contributed by atoms with Gasteiger partial charge in [0, 0.05) is 14.8 Å². The van der Waals surface area contributed by atoms with E-state index in [-0.39, 0.29) is 5.25 Å². The second kappa shape index (κ2) is 9.31. The molecule has 0 fully saturated rings. The molecule has 0 radical (unpaired) electrons. The van der Waals surface area contributed by atoms with E-state index in [1.807, 2.05) is 18.2 Å². The summed E-state index contributed by atoms with van der Waals surface area (Å²) in [4.78, 5) is 7.32. The van der Waals surface area contributed by atoms with Crippen molar-refractivity contribution in [1.29, 1.82) is 0 Å². The molecule has 0 aromatic heterocycles. The van der Waals surface area contributed by atoms with Crippen LogP contribution in [0.15, 0.2) is 93.6 Å². The van der Waals surface area contributed by atoms with Gasteiger partial charge in [-0.3, -0.25) is 0 Å². The Balaban J connectivity index is 1.85. The molecule has 3 rings (SSSR count). The smallest absolute Gasteiger partial charge is 0.0917 e. The van der Waals surface area contributed by atoms with Gasteiger partial charge in [0.05, 0.1) is 16.0 Å². The molecular weight excluding hydrogens is 378 g/mol. The summed E-state index contributed by atoms with van der Waals surface area (Å²) >= 11 is 9.51. The fraction of sp³-hybridized carbons (Fsp3) is 0.136. The van der Waals surface area contributed by atoms with E-state index in [1.54, 1.807) is 23.5 Å². The van der Waals surface area contributed by atoms with Gasteiger partial charge < -0.3 is 0 Å². The first kappa shape index (κ1) is 19.1. The maximum Gasteiger partial charge on any atom is 0.0917 e. The molecule has 4 heteroatoms. The molecule has 0 N–H and O–H groups in total. The summed E-state index contributed by atoms with van der Waals surface area (Å²) in [6.45, 7) is 4.29. The van der Waals surface area contributed by atoms with Crippen molar-refractivity contribution in [1.82, 2.24) is 0 Å². The fourth-order valence-corrected chi connectivity index (χ4v) is 4.44. The molecule has 0 saturated heterocycles. The largest absolute Gasteiger partial charge is 0.245 e. The van der Waals surface area contributed by atoms with Crippen LogP contribution in [0.2, 0.25) is 5.02 Å². The average molecular weight is 398 g/mol. The lowest BCUT2D eigenvalue weighted by Gasteiger charge is -2.15. The Morgan fingerprint density at radius 2 is 1.50 bits per heavy atom. The summed E-state index contributed by atoms with van der Waals surface area (Å²) < 4.78 is 0. The Morgan fingerprint density at radius 3 is 2.15 bits per heavy atom. The predicted octanol–water partition coefficient (Wildman–Crippen LogP) is 7.65. The summed E-state index contributed by atoms with van der Waals surface area (Å²) in [7, 11) is 0. The van der Waals surface area contributed by atoms with Crippen LogP contribution in [-0.2, 0) is 0 Å². The third-order valence-electron chi connectivity index (χ3n) is 3.71. The number of benzene rings is 3.